The zero-order valence-corrected chi connectivity index (χ0v) is 8.79. The van der Waals surface area contributed by atoms with Crippen LogP contribution in [0.1, 0.15) is 10.4 Å². The molecule has 1 aromatic rings. The van der Waals surface area contributed by atoms with Crippen LogP contribution in [0.4, 0.5) is 0 Å². The molecule has 2 nitrogen and oxygen atoms in total. The molecule has 0 saturated carbocycles. The monoisotopic (exact) mass is 196 g/mol. The van der Waals surface area contributed by atoms with Crippen LogP contribution in [0.15, 0.2) is 11.4 Å². The Balaban J connectivity index is 1.70. The molecular weight excluding hydrogens is 180 g/mol. The Kier molecular flexibility index (Phi) is 2.98. The average molecular weight is 196 g/mol. The van der Waals surface area contributed by atoms with Crippen LogP contribution in [0.3, 0.4) is 0 Å². The van der Waals surface area contributed by atoms with Crippen molar-refractivity contribution >= 4 is 11.3 Å². The molecule has 0 aromatic carbocycles. The summed E-state index contributed by atoms with van der Waals surface area (Å²) in [4.78, 5) is 1.48. The van der Waals surface area contributed by atoms with Gasteiger partial charge in [-0.2, -0.15) is 0 Å². The van der Waals surface area contributed by atoms with Gasteiger partial charge in [0, 0.05) is 31.1 Å². The highest BCUT2D eigenvalue weighted by molar-refractivity contribution is 7.10. The lowest BCUT2D eigenvalue weighted by Crippen LogP contribution is -2.47. The maximum absolute atomic E-state index is 3.50. The highest BCUT2D eigenvalue weighted by atomic mass is 32.1. The van der Waals surface area contributed by atoms with Crippen molar-refractivity contribution in [2.75, 3.05) is 19.6 Å². The van der Waals surface area contributed by atoms with Gasteiger partial charge in [0.05, 0.1) is 0 Å². The van der Waals surface area contributed by atoms with Crippen molar-refractivity contribution in [3.05, 3.63) is 21.9 Å². The molecule has 3 heteroatoms. The summed E-state index contributed by atoms with van der Waals surface area (Å²) in [6.07, 6.45) is 0. The van der Waals surface area contributed by atoms with Gasteiger partial charge >= 0.3 is 0 Å². The van der Waals surface area contributed by atoms with Gasteiger partial charge in [-0.3, -0.25) is 0 Å². The molecule has 2 heterocycles. The van der Waals surface area contributed by atoms with Crippen LogP contribution in [-0.2, 0) is 6.54 Å². The molecule has 2 N–H and O–H groups in total. The molecule has 0 bridgehead atoms. The van der Waals surface area contributed by atoms with Gasteiger partial charge in [0.1, 0.15) is 0 Å². The summed E-state index contributed by atoms with van der Waals surface area (Å²) >= 11 is 1.85. The lowest BCUT2D eigenvalue weighted by atomic mass is 10.0. The van der Waals surface area contributed by atoms with Gasteiger partial charge in [0.25, 0.3) is 0 Å². The van der Waals surface area contributed by atoms with E-state index in [4.69, 9.17) is 0 Å². The van der Waals surface area contributed by atoms with Crippen molar-refractivity contribution in [3.63, 3.8) is 0 Å². The summed E-state index contributed by atoms with van der Waals surface area (Å²) in [6, 6.07) is 2.19. The van der Waals surface area contributed by atoms with E-state index < -0.39 is 0 Å². The van der Waals surface area contributed by atoms with E-state index in [9.17, 15) is 0 Å². The van der Waals surface area contributed by atoms with Crippen molar-refractivity contribution in [1.82, 2.24) is 10.6 Å². The molecule has 1 aromatic heterocycles. The Morgan fingerprint density at radius 1 is 1.62 bits per heavy atom. The Labute approximate surface area is 83.4 Å². The molecule has 1 fully saturated rings. The highest BCUT2D eigenvalue weighted by Gasteiger charge is 2.15. The normalized spacial score (nSPS) is 17.3. The van der Waals surface area contributed by atoms with E-state index in [0.717, 1.165) is 19.0 Å². The molecule has 72 valence electrons. The largest absolute Gasteiger partial charge is 0.316 e. The molecule has 13 heavy (non-hydrogen) atoms. The third-order valence-electron chi connectivity index (χ3n) is 2.55. The molecular formula is C10H16N2S. The Bertz CT molecular complexity index is 266. The van der Waals surface area contributed by atoms with Gasteiger partial charge in [-0.05, 0) is 29.9 Å². The van der Waals surface area contributed by atoms with Gasteiger partial charge < -0.3 is 10.6 Å². The lowest BCUT2D eigenvalue weighted by Gasteiger charge is -2.27. The van der Waals surface area contributed by atoms with E-state index in [0.29, 0.717) is 0 Å². The number of hydrogen-bond donors (Lipinski definition) is 2. The minimum atomic E-state index is 0.861. The molecule has 0 unspecified atom stereocenters. The summed E-state index contributed by atoms with van der Waals surface area (Å²) in [5.41, 5.74) is 1.42. The zero-order chi connectivity index (χ0) is 9.10. The highest BCUT2D eigenvalue weighted by Crippen LogP contribution is 2.14. The summed E-state index contributed by atoms with van der Waals surface area (Å²) in [6.45, 7) is 6.76. The van der Waals surface area contributed by atoms with Gasteiger partial charge in [-0.1, -0.05) is 0 Å². The van der Waals surface area contributed by atoms with E-state index in [1.54, 1.807) is 0 Å². The number of rotatable bonds is 4. The Morgan fingerprint density at radius 2 is 2.46 bits per heavy atom. The van der Waals surface area contributed by atoms with E-state index in [1.165, 1.54) is 23.5 Å². The van der Waals surface area contributed by atoms with E-state index in [-0.39, 0.29) is 0 Å². The predicted molar refractivity (Wildman–Crippen MR) is 57.1 cm³/mol. The smallest absolute Gasteiger partial charge is 0.0302 e. The van der Waals surface area contributed by atoms with Crippen molar-refractivity contribution in [2.45, 2.75) is 13.5 Å². The van der Waals surface area contributed by atoms with E-state index in [2.05, 4.69) is 29.0 Å². The van der Waals surface area contributed by atoms with Crippen LogP contribution in [0.25, 0.3) is 0 Å². The quantitative estimate of drug-likeness (QED) is 0.760. The fourth-order valence-electron chi connectivity index (χ4n) is 1.47. The number of thiophene rings is 1. The van der Waals surface area contributed by atoms with Crippen LogP contribution in [-0.4, -0.2) is 19.6 Å². The topological polar surface area (TPSA) is 24.1 Å². The Morgan fingerprint density at radius 3 is 3.00 bits per heavy atom. The first kappa shape index (κ1) is 9.19. The maximum Gasteiger partial charge on any atom is 0.0302 e. The SMILES string of the molecule is Cc1ccsc1CNCC1CNC1. The second-order valence-corrected chi connectivity index (χ2v) is 4.68. The predicted octanol–water partition coefficient (Wildman–Crippen LogP) is 1.37. The van der Waals surface area contributed by atoms with Crippen LogP contribution in [0.2, 0.25) is 0 Å². The lowest BCUT2D eigenvalue weighted by molar-refractivity contribution is 0.331. The second kappa shape index (κ2) is 4.22. The van der Waals surface area contributed by atoms with Gasteiger partial charge in [-0.25, -0.2) is 0 Å². The third kappa shape index (κ3) is 2.30. The molecule has 1 aliphatic heterocycles. The van der Waals surface area contributed by atoms with Crippen LogP contribution < -0.4 is 10.6 Å². The standard InChI is InChI=1S/C10H16N2S/c1-8-2-3-13-10(8)7-12-6-9-4-11-5-9/h2-3,9,11-12H,4-7H2,1H3. The summed E-state index contributed by atoms with van der Waals surface area (Å²) < 4.78 is 0. The zero-order valence-electron chi connectivity index (χ0n) is 7.97. The van der Waals surface area contributed by atoms with Gasteiger partial charge in [0.2, 0.25) is 0 Å². The summed E-state index contributed by atoms with van der Waals surface area (Å²) in [5.74, 6) is 0.861. The maximum atomic E-state index is 3.50. The van der Waals surface area contributed by atoms with Gasteiger partial charge in [-0.15, -0.1) is 11.3 Å². The van der Waals surface area contributed by atoms with Crippen molar-refractivity contribution in [2.24, 2.45) is 5.92 Å². The molecule has 0 atom stereocenters. The number of aryl methyl sites for hydroxylation is 1. The Hall–Kier alpha value is -0.380. The molecule has 0 aliphatic carbocycles. The minimum absolute atomic E-state index is 0.861. The van der Waals surface area contributed by atoms with Crippen LogP contribution >= 0.6 is 11.3 Å². The fraction of sp³-hybridized carbons (Fsp3) is 0.600. The van der Waals surface area contributed by atoms with Crippen molar-refractivity contribution in [3.8, 4) is 0 Å². The van der Waals surface area contributed by atoms with Crippen LogP contribution in [0, 0.1) is 12.8 Å². The minimum Gasteiger partial charge on any atom is -0.316 e. The first-order chi connectivity index (χ1) is 6.36. The third-order valence-corrected chi connectivity index (χ3v) is 3.58. The first-order valence-electron chi connectivity index (χ1n) is 4.80. The average Bonchev–Trinajstić information content (AvgIpc) is 2.42. The van der Waals surface area contributed by atoms with Crippen molar-refractivity contribution < 1.29 is 0 Å². The second-order valence-electron chi connectivity index (χ2n) is 3.68. The molecule has 1 aliphatic rings. The molecule has 2 rings (SSSR count). The summed E-state index contributed by atoms with van der Waals surface area (Å²) in [5, 5.41) is 8.94. The molecule has 0 spiro atoms. The number of hydrogen-bond acceptors (Lipinski definition) is 3. The van der Waals surface area contributed by atoms with Crippen LogP contribution in [0.5, 0.6) is 0 Å². The molecule has 0 radical (unpaired) electrons. The van der Waals surface area contributed by atoms with E-state index in [1.807, 2.05) is 11.3 Å². The molecule has 1 saturated heterocycles. The fourth-order valence-corrected chi connectivity index (χ4v) is 2.34. The van der Waals surface area contributed by atoms with Gasteiger partial charge in [0.15, 0.2) is 0 Å². The molecule has 0 amide bonds. The van der Waals surface area contributed by atoms with Crippen molar-refractivity contribution in [1.29, 1.82) is 0 Å². The number of nitrogens with one attached hydrogen (secondary N) is 2. The first-order valence-corrected chi connectivity index (χ1v) is 5.68. The summed E-state index contributed by atoms with van der Waals surface area (Å²) in [7, 11) is 0. The van der Waals surface area contributed by atoms with E-state index >= 15 is 0 Å².